The zero-order chi connectivity index (χ0) is 10.1. The van der Waals surface area contributed by atoms with Gasteiger partial charge in [-0.05, 0) is 25.0 Å². The molecule has 0 aliphatic heterocycles. The molecule has 4 heteroatoms. The summed E-state index contributed by atoms with van der Waals surface area (Å²) < 4.78 is 0. The Morgan fingerprint density at radius 1 is 1.57 bits per heavy atom. The number of aryl methyl sites for hydroxylation is 1. The third kappa shape index (κ3) is 1.37. The highest BCUT2D eigenvalue weighted by Gasteiger charge is 2.10. The molecule has 0 bridgehead atoms. The molecule has 0 amide bonds. The van der Waals surface area contributed by atoms with E-state index in [1.54, 1.807) is 6.20 Å². The van der Waals surface area contributed by atoms with Gasteiger partial charge < -0.3 is 10.7 Å². The van der Waals surface area contributed by atoms with E-state index >= 15 is 0 Å². The number of nitrogens with zero attached hydrogens (tertiary/aromatic N) is 2. The maximum atomic E-state index is 5.89. The fourth-order valence-corrected chi connectivity index (χ4v) is 1.42. The first-order chi connectivity index (χ1) is 6.72. The van der Waals surface area contributed by atoms with Crippen LogP contribution < -0.4 is 5.73 Å². The maximum Gasteiger partial charge on any atom is 0.178 e. The Labute approximate surface area is 82.6 Å². The van der Waals surface area contributed by atoms with E-state index in [9.17, 15) is 0 Å². The van der Waals surface area contributed by atoms with Crippen molar-refractivity contribution in [2.24, 2.45) is 5.73 Å². The Bertz CT molecular complexity index is 446. The van der Waals surface area contributed by atoms with Gasteiger partial charge in [-0.1, -0.05) is 6.92 Å². The molecule has 0 saturated heterocycles. The molecule has 2 heterocycles. The van der Waals surface area contributed by atoms with Crippen LogP contribution in [0.3, 0.4) is 0 Å². The van der Waals surface area contributed by atoms with Crippen molar-refractivity contribution in [1.82, 2.24) is 15.0 Å². The number of imidazole rings is 1. The number of aromatic nitrogens is 3. The lowest BCUT2D eigenvalue weighted by Crippen LogP contribution is -2.10. The zero-order valence-electron chi connectivity index (χ0n) is 8.41. The summed E-state index contributed by atoms with van der Waals surface area (Å²) in [5.41, 5.74) is 8.78. The van der Waals surface area contributed by atoms with Crippen LogP contribution in [0.5, 0.6) is 0 Å². The summed E-state index contributed by atoms with van der Waals surface area (Å²) in [4.78, 5) is 11.8. The molecule has 2 aromatic heterocycles. The van der Waals surface area contributed by atoms with Crippen LogP contribution in [0.2, 0.25) is 0 Å². The van der Waals surface area contributed by atoms with E-state index in [4.69, 9.17) is 5.73 Å². The molecule has 4 nitrogen and oxygen atoms in total. The van der Waals surface area contributed by atoms with Crippen LogP contribution in [0.1, 0.15) is 30.8 Å². The molecule has 0 aromatic carbocycles. The predicted octanol–water partition coefficient (Wildman–Crippen LogP) is 1.68. The molecule has 3 N–H and O–H groups in total. The second kappa shape index (κ2) is 3.38. The summed E-state index contributed by atoms with van der Waals surface area (Å²) in [5.74, 6) is 0.823. The number of H-pyrrole nitrogens is 1. The minimum absolute atomic E-state index is 0.0244. The molecule has 2 aromatic rings. The average Bonchev–Trinajstić information content (AvgIpc) is 2.62. The van der Waals surface area contributed by atoms with E-state index in [1.807, 2.05) is 19.9 Å². The van der Waals surface area contributed by atoms with Crippen LogP contribution in [0, 0.1) is 6.92 Å². The second-order valence-corrected chi connectivity index (χ2v) is 3.46. The largest absolute Gasteiger partial charge is 0.339 e. The first-order valence-corrected chi connectivity index (χ1v) is 4.79. The SMILES string of the molecule is CCC(N)c1nc2nccc(C)c2[nH]1. The van der Waals surface area contributed by atoms with Gasteiger partial charge in [0.15, 0.2) is 5.65 Å². The topological polar surface area (TPSA) is 67.6 Å². The number of nitrogens with one attached hydrogen (secondary N) is 1. The predicted molar refractivity (Wildman–Crippen MR) is 55.8 cm³/mol. The normalized spacial score (nSPS) is 13.4. The Morgan fingerprint density at radius 2 is 2.36 bits per heavy atom. The molecule has 0 spiro atoms. The first-order valence-electron chi connectivity index (χ1n) is 4.79. The van der Waals surface area contributed by atoms with Crippen molar-refractivity contribution in [2.45, 2.75) is 26.3 Å². The number of hydrogen-bond donors (Lipinski definition) is 2. The molecule has 0 radical (unpaired) electrons. The quantitative estimate of drug-likeness (QED) is 0.757. The molecular formula is C10H14N4. The number of hydrogen-bond acceptors (Lipinski definition) is 3. The maximum absolute atomic E-state index is 5.89. The van der Waals surface area contributed by atoms with E-state index in [0.29, 0.717) is 0 Å². The Kier molecular flexibility index (Phi) is 2.21. The van der Waals surface area contributed by atoms with Crippen molar-refractivity contribution < 1.29 is 0 Å². The van der Waals surface area contributed by atoms with Crippen molar-refractivity contribution in [1.29, 1.82) is 0 Å². The third-order valence-electron chi connectivity index (χ3n) is 2.41. The van der Waals surface area contributed by atoms with Gasteiger partial charge in [-0.2, -0.15) is 0 Å². The Balaban J connectivity index is 2.56. The van der Waals surface area contributed by atoms with Gasteiger partial charge in [0.25, 0.3) is 0 Å². The number of rotatable bonds is 2. The highest BCUT2D eigenvalue weighted by molar-refractivity contribution is 5.74. The second-order valence-electron chi connectivity index (χ2n) is 3.46. The van der Waals surface area contributed by atoms with Gasteiger partial charge in [-0.15, -0.1) is 0 Å². The molecule has 0 saturated carbocycles. The fourth-order valence-electron chi connectivity index (χ4n) is 1.42. The number of fused-ring (bicyclic) bond motifs is 1. The molecule has 14 heavy (non-hydrogen) atoms. The van der Waals surface area contributed by atoms with Gasteiger partial charge >= 0.3 is 0 Å². The summed E-state index contributed by atoms with van der Waals surface area (Å²) in [6, 6.07) is 1.94. The minimum atomic E-state index is -0.0244. The van der Waals surface area contributed by atoms with Crippen LogP contribution in [-0.4, -0.2) is 15.0 Å². The number of aromatic amines is 1. The van der Waals surface area contributed by atoms with Gasteiger partial charge in [-0.3, -0.25) is 0 Å². The lowest BCUT2D eigenvalue weighted by atomic mass is 10.2. The molecule has 0 fully saturated rings. The molecule has 1 atom stereocenters. The summed E-state index contributed by atoms with van der Waals surface area (Å²) in [5, 5.41) is 0. The van der Waals surface area contributed by atoms with Crippen LogP contribution >= 0.6 is 0 Å². The lowest BCUT2D eigenvalue weighted by molar-refractivity contribution is 0.660. The average molecular weight is 190 g/mol. The third-order valence-corrected chi connectivity index (χ3v) is 2.41. The number of nitrogens with two attached hydrogens (primary N) is 1. The van der Waals surface area contributed by atoms with Crippen LogP contribution in [0.25, 0.3) is 11.2 Å². The highest BCUT2D eigenvalue weighted by Crippen LogP contribution is 2.17. The van der Waals surface area contributed by atoms with Crippen molar-refractivity contribution in [3.05, 3.63) is 23.7 Å². The fraction of sp³-hybridized carbons (Fsp3) is 0.400. The van der Waals surface area contributed by atoms with E-state index in [2.05, 4.69) is 15.0 Å². The number of pyridine rings is 1. The molecule has 0 aliphatic rings. The highest BCUT2D eigenvalue weighted by atomic mass is 15.0. The van der Waals surface area contributed by atoms with Crippen molar-refractivity contribution in [2.75, 3.05) is 0 Å². The summed E-state index contributed by atoms with van der Waals surface area (Å²) in [6.45, 7) is 4.07. The van der Waals surface area contributed by atoms with Crippen molar-refractivity contribution in [3.8, 4) is 0 Å². The standard InChI is InChI=1S/C10H14N4/c1-3-7(11)9-13-8-6(2)4-5-12-10(8)14-9/h4-5,7H,3,11H2,1-2H3,(H,12,13,14). The van der Waals surface area contributed by atoms with Gasteiger partial charge in [0.2, 0.25) is 0 Å². The van der Waals surface area contributed by atoms with Gasteiger partial charge in [0, 0.05) is 6.20 Å². The lowest BCUT2D eigenvalue weighted by Gasteiger charge is -2.02. The van der Waals surface area contributed by atoms with E-state index < -0.39 is 0 Å². The monoisotopic (exact) mass is 190 g/mol. The molecule has 1 unspecified atom stereocenters. The summed E-state index contributed by atoms with van der Waals surface area (Å²) in [6.07, 6.45) is 2.64. The van der Waals surface area contributed by atoms with Crippen LogP contribution in [0.15, 0.2) is 12.3 Å². The summed E-state index contributed by atoms with van der Waals surface area (Å²) in [7, 11) is 0. The first kappa shape index (κ1) is 9.15. The minimum Gasteiger partial charge on any atom is -0.339 e. The van der Waals surface area contributed by atoms with Gasteiger partial charge in [0.1, 0.15) is 5.82 Å². The van der Waals surface area contributed by atoms with Gasteiger partial charge in [-0.25, -0.2) is 9.97 Å². The molecule has 74 valence electrons. The van der Waals surface area contributed by atoms with Gasteiger partial charge in [0.05, 0.1) is 11.6 Å². The Morgan fingerprint density at radius 3 is 3.00 bits per heavy atom. The van der Waals surface area contributed by atoms with E-state index in [0.717, 1.165) is 29.0 Å². The summed E-state index contributed by atoms with van der Waals surface area (Å²) >= 11 is 0. The Hall–Kier alpha value is -1.42. The van der Waals surface area contributed by atoms with E-state index in [-0.39, 0.29) is 6.04 Å². The van der Waals surface area contributed by atoms with Crippen LogP contribution in [-0.2, 0) is 0 Å². The van der Waals surface area contributed by atoms with Crippen molar-refractivity contribution >= 4 is 11.2 Å². The smallest absolute Gasteiger partial charge is 0.178 e. The molecular weight excluding hydrogens is 176 g/mol. The van der Waals surface area contributed by atoms with E-state index in [1.165, 1.54) is 0 Å². The molecule has 0 aliphatic carbocycles. The molecule has 2 rings (SSSR count). The van der Waals surface area contributed by atoms with Crippen molar-refractivity contribution in [3.63, 3.8) is 0 Å². The van der Waals surface area contributed by atoms with Crippen LogP contribution in [0.4, 0.5) is 0 Å². The zero-order valence-corrected chi connectivity index (χ0v) is 8.41.